The molecule has 16 heteroatoms. The topological polar surface area (TPSA) is 212 Å². The highest BCUT2D eigenvalue weighted by Gasteiger charge is 2.40. The Morgan fingerprint density at radius 3 is 1.51 bits per heavy atom. The number of fused-ring (bicyclic) bond motifs is 3. The molecule has 9 rings (SSSR count). The number of carboxylic acid groups (broad SMARTS) is 2. The van der Waals surface area contributed by atoms with Crippen LogP contribution >= 0.6 is 0 Å². The summed E-state index contributed by atoms with van der Waals surface area (Å²) in [6.45, 7) is 0.992. The highest BCUT2D eigenvalue weighted by molar-refractivity contribution is 6.11. The maximum atomic E-state index is 14.1. The molecule has 3 heterocycles. The molecule has 2 saturated heterocycles. The van der Waals surface area contributed by atoms with Crippen LogP contribution in [0.3, 0.4) is 0 Å². The van der Waals surface area contributed by atoms with E-state index in [1.54, 1.807) is 60.7 Å². The molecule has 5 aromatic carbocycles. The predicted octanol–water partition coefficient (Wildman–Crippen LogP) is 8.04. The number of amides is 6. The van der Waals surface area contributed by atoms with E-state index in [1.165, 1.54) is 9.80 Å². The maximum Gasteiger partial charge on any atom is 0.405 e. The van der Waals surface area contributed by atoms with Crippen molar-refractivity contribution in [1.29, 1.82) is 0 Å². The summed E-state index contributed by atoms with van der Waals surface area (Å²) in [5.41, 5.74) is 4.50. The predicted molar refractivity (Wildman–Crippen MR) is 255 cm³/mol. The second kappa shape index (κ2) is 19.9. The van der Waals surface area contributed by atoms with Gasteiger partial charge in [0.25, 0.3) is 11.8 Å². The summed E-state index contributed by atoms with van der Waals surface area (Å²) in [5.74, 6) is -1.02. The number of hydrogen-bond acceptors (Lipinski definition) is 7. The minimum absolute atomic E-state index is 0.170. The van der Waals surface area contributed by atoms with E-state index in [0.29, 0.717) is 67.8 Å². The maximum absolute atomic E-state index is 14.1. The van der Waals surface area contributed by atoms with E-state index < -0.39 is 60.0 Å². The Hall–Kier alpha value is -7.88. The largest absolute Gasteiger partial charge is 0.490 e. The van der Waals surface area contributed by atoms with Crippen LogP contribution in [0, 0.1) is 0 Å². The van der Waals surface area contributed by atoms with Crippen molar-refractivity contribution in [2.24, 2.45) is 0 Å². The number of likely N-dealkylation sites (tertiary alicyclic amines) is 2. The summed E-state index contributed by atoms with van der Waals surface area (Å²) in [7, 11) is 0. The van der Waals surface area contributed by atoms with Crippen molar-refractivity contribution in [2.45, 2.75) is 88.2 Å². The fourth-order valence-electron chi connectivity index (χ4n) is 10.0. The van der Waals surface area contributed by atoms with Crippen LogP contribution < -0.4 is 26.0 Å². The minimum atomic E-state index is -1.35. The van der Waals surface area contributed by atoms with E-state index in [1.807, 2.05) is 60.7 Å². The highest BCUT2D eigenvalue weighted by Crippen LogP contribution is 2.35. The minimum Gasteiger partial charge on any atom is -0.490 e. The third kappa shape index (κ3) is 9.80. The molecule has 3 fully saturated rings. The Labute approximate surface area is 392 Å². The molecule has 6 amide bonds. The van der Waals surface area contributed by atoms with E-state index in [2.05, 4.69) is 25.8 Å². The third-order valence-corrected chi connectivity index (χ3v) is 13.2. The molecule has 1 aliphatic carbocycles. The van der Waals surface area contributed by atoms with Gasteiger partial charge in [-0.05, 0) is 104 Å². The van der Waals surface area contributed by atoms with Crippen LogP contribution in [0.25, 0.3) is 21.8 Å². The monoisotopic (exact) mass is 919 g/mol. The molecule has 1 aromatic heterocycles. The number of benzene rings is 5. The van der Waals surface area contributed by atoms with Crippen molar-refractivity contribution in [3.8, 4) is 5.75 Å². The third-order valence-electron chi connectivity index (χ3n) is 13.2. The van der Waals surface area contributed by atoms with Crippen molar-refractivity contribution in [3.05, 3.63) is 138 Å². The number of aromatic nitrogens is 1. The van der Waals surface area contributed by atoms with Crippen molar-refractivity contribution in [2.75, 3.05) is 23.7 Å². The van der Waals surface area contributed by atoms with Gasteiger partial charge in [-0.2, -0.15) is 0 Å². The first-order valence-electron chi connectivity index (χ1n) is 23.1. The standard InChI is InChI=1S/C52H53N7O9/c60-47(41-20-10-26-57(41)49(62)45(55-51(64)65)33-13-3-1-4-14-33)53-35-22-24-39-40-25-23-36(30-44(40)59(43(39)29-35)31-32-12-9-19-38(28-32)68-37-17-7-8-18-37)54-48(61)42-21-11-27-58(42)50(63)46(56-52(66)67)34-15-5-2-6-16-34/h1-6,9,12-16,19,22-25,28-30,37,41-42,45-46,55-56H,7-8,10-11,17-18,20-21,26-27,31H2,(H,53,60)(H,54,61)(H,64,65)(H,66,67)/t41-,42-,45?,46?/m0/s1. The van der Waals surface area contributed by atoms with Gasteiger partial charge in [-0.3, -0.25) is 19.2 Å². The summed E-state index contributed by atoms with van der Waals surface area (Å²) in [6, 6.07) is 32.4. The van der Waals surface area contributed by atoms with Crippen molar-refractivity contribution in [1.82, 2.24) is 25.0 Å². The van der Waals surface area contributed by atoms with Gasteiger partial charge in [0.15, 0.2) is 0 Å². The molecule has 3 aliphatic rings. The van der Waals surface area contributed by atoms with Gasteiger partial charge >= 0.3 is 12.2 Å². The fraction of sp³-hybridized carbons (Fsp3) is 0.308. The van der Waals surface area contributed by atoms with Crippen LogP contribution in [-0.2, 0) is 25.7 Å². The average molecular weight is 920 g/mol. The Bertz CT molecular complexity index is 2700. The quantitative estimate of drug-likeness (QED) is 0.0623. The summed E-state index contributed by atoms with van der Waals surface area (Å²) >= 11 is 0. The molecule has 350 valence electrons. The summed E-state index contributed by atoms with van der Waals surface area (Å²) in [5, 5.41) is 31.8. The van der Waals surface area contributed by atoms with Crippen LogP contribution in [0.15, 0.2) is 121 Å². The molecule has 4 atom stereocenters. The molecule has 2 unspecified atom stereocenters. The van der Waals surface area contributed by atoms with Crippen LogP contribution in [0.1, 0.15) is 80.1 Å². The molecule has 16 nitrogen and oxygen atoms in total. The Morgan fingerprint density at radius 2 is 1.04 bits per heavy atom. The van der Waals surface area contributed by atoms with E-state index in [4.69, 9.17) is 4.74 Å². The molecule has 0 spiro atoms. The summed E-state index contributed by atoms with van der Waals surface area (Å²) in [4.78, 5) is 82.5. The second-order valence-corrected chi connectivity index (χ2v) is 17.7. The van der Waals surface area contributed by atoms with Crippen LogP contribution in [0.4, 0.5) is 21.0 Å². The zero-order valence-corrected chi connectivity index (χ0v) is 37.3. The first-order chi connectivity index (χ1) is 33.0. The van der Waals surface area contributed by atoms with Gasteiger partial charge in [0.2, 0.25) is 11.8 Å². The second-order valence-electron chi connectivity index (χ2n) is 17.7. The number of carbonyl (C=O) groups excluding carboxylic acids is 4. The zero-order chi connectivity index (χ0) is 47.3. The van der Waals surface area contributed by atoms with Crippen molar-refractivity contribution < 1.29 is 43.7 Å². The number of anilines is 2. The van der Waals surface area contributed by atoms with Crippen LogP contribution in [-0.4, -0.2) is 91.7 Å². The number of hydrogen-bond donors (Lipinski definition) is 6. The first-order valence-corrected chi connectivity index (χ1v) is 23.1. The Balaban J connectivity index is 1.01. The lowest BCUT2D eigenvalue weighted by Gasteiger charge is -2.28. The van der Waals surface area contributed by atoms with E-state index >= 15 is 0 Å². The molecule has 6 N–H and O–H groups in total. The van der Waals surface area contributed by atoms with Crippen molar-refractivity contribution in [3.63, 3.8) is 0 Å². The van der Waals surface area contributed by atoms with Crippen LogP contribution in [0.5, 0.6) is 5.75 Å². The number of nitrogens with zero attached hydrogens (tertiary/aromatic N) is 3. The number of carbonyl (C=O) groups is 6. The van der Waals surface area contributed by atoms with Gasteiger partial charge in [-0.15, -0.1) is 0 Å². The SMILES string of the molecule is O=C(O)NC(C(=O)N1CCC[C@H]1C(=O)Nc1ccc2c3ccc(NC(=O)[C@@H]4CCCN4C(=O)C(NC(=O)O)c4ccccc4)cc3n(Cc3cccc(OC4CCCC4)c3)c2c1)c1ccccc1. The molecular formula is C52H53N7O9. The molecule has 2 aliphatic heterocycles. The lowest BCUT2D eigenvalue weighted by atomic mass is 10.0. The summed E-state index contributed by atoms with van der Waals surface area (Å²) in [6.07, 6.45) is 3.72. The summed E-state index contributed by atoms with van der Waals surface area (Å²) < 4.78 is 8.49. The van der Waals surface area contributed by atoms with E-state index in [-0.39, 0.29) is 6.10 Å². The molecular weight excluding hydrogens is 867 g/mol. The Kier molecular flexibility index (Phi) is 13.3. The molecule has 0 radical (unpaired) electrons. The number of ether oxygens (including phenoxy) is 1. The highest BCUT2D eigenvalue weighted by atomic mass is 16.5. The van der Waals surface area contributed by atoms with Gasteiger partial charge in [0.1, 0.15) is 29.9 Å². The number of rotatable bonds is 14. The van der Waals surface area contributed by atoms with Gasteiger partial charge in [-0.1, -0.05) is 84.9 Å². The first kappa shape index (κ1) is 45.3. The molecule has 6 aromatic rings. The normalized spacial score (nSPS) is 18.0. The number of nitrogens with one attached hydrogen (secondary N) is 4. The van der Waals surface area contributed by atoms with Gasteiger partial charge < -0.3 is 50.6 Å². The lowest BCUT2D eigenvalue weighted by molar-refractivity contribution is -0.138. The van der Waals surface area contributed by atoms with Gasteiger partial charge in [-0.25, -0.2) is 9.59 Å². The van der Waals surface area contributed by atoms with Gasteiger partial charge in [0, 0.05) is 41.8 Å². The molecule has 68 heavy (non-hydrogen) atoms. The molecule has 0 bridgehead atoms. The fourth-order valence-corrected chi connectivity index (χ4v) is 10.0. The van der Waals surface area contributed by atoms with E-state index in [9.17, 15) is 39.0 Å². The molecule has 1 saturated carbocycles. The Morgan fingerprint density at radius 1 is 0.559 bits per heavy atom. The smallest absolute Gasteiger partial charge is 0.405 e. The van der Waals surface area contributed by atoms with E-state index in [0.717, 1.165) is 58.8 Å². The average Bonchev–Trinajstić information content (AvgIpc) is 4.19. The lowest BCUT2D eigenvalue weighted by Crippen LogP contribution is -2.48. The zero-order valence-electron chi connectivity index (χ0n) is 37.3. The van der Waals surface area contributed by atoms with Gasteiger partial charge in [0.05, 0.1) is 17.1 Å². The van der Waals surface area contributed by atoms with Crippen LogP contribution in [0.2, 0.25) is 0 Å². The van der Waals surface area contributed by atoms with Crippen molar-refractivity contribution >= 4 is 69.0 Å².